The molecule has 142 valence electrons. The lowest BCUT2D eigenvalue weighted by Gasteiger charge is -2.14. The van der Waals surface area contributed by atoms with Gasteiger partial charge in [0.25, 0.3) is 0 Å². The molecular weight excluding hydrogens is 352 g/mol. The van der Waals surface area contributed by atoms with Crippen molar-refractivity contribution in [2.75, 3.05) is 25.0 Å². The summed E-state index contributed by atoms with van der Waals surface area (Å²) in [5.41, 5.74) is 2.55. The summed E-state index contributed by atoms with van der Waals surface area (Å²) in [6.45, 7) is 6.06. The van der Waals surface area contributed by atoms with Gasteiger partial charge in [-0.15, -0.1) is 6.58 Å². The third kappa shape index (κ3) is 4.38. The lowest BCUT2D eigenvalue weighted by atomic mass is 10.1. The van der Waals surface area contributed by atoms with Crippen molar-refractivity contribution in [1.82, 2.24) is 15.1 Å². The zero-order chi connectivity index (χ0) is 20.1. The first-order valence-electron chi connectivity index (χ1n) is 8.17. The van der Waals surface area contributed by atoms with Crippen LogP contribution in [0.2, 0.25) is 0 Å². The number of urea groups is 1. The highest BCUT2D eigenvalue weighted by Gasteiger charge is 2.44. The summed E-state index contributed by atoms with van der Waals surface area (Å²) >= 11 is 0. The highest BCUT2D eigenvalue weighted by molar-refractivity contribution is 6.45. The van der Waals surface area contributed by atoms with Crippen LogP contribution in [-0.2, 0) is 19.2 Å². The topological polar surface area (TPSA) is 116 Å². The van der Waals surface area contributed by atoms with E-state index < -0.39 is 36.2 Å². The summed E-state index contributed by atoms with van der Waals surface area (Å²) < 4.78 is 0. The first-order valence-corrected chi connectivity index (χ1v) is 8.17. The Morgan fingerprint density at radius 3 is 2.41 bits per heavy atom. The zero-order valence-corrected chi connectivity index (χ0v) is 15.1. The minimum atomic E-state index is -1.09. The number of nitrogens with one attached hydrogen (secondary N) is 2. The van der Waals surface area contributed by atoms with E-state index in [9.17, 15) is 24.0 Å². The van der Waals surface area contributed by atoms with Gasteiger partial charge in [0, 0.05) is 12.2 Å². The summed E-state index contributed by atoms with van der Waals surface area (Å²) in [5, 5.41) is 4.99. The van der Waals surface area contributed by atoms with Gasteiger partial charge in [0.15, 0.2) is 0 Å². The molecule has 27 heavy (non-hydrogen) atoms. The van der Waals surface area contributed by atoms with Gasteiger partial charge in [0.1, 0.15) is 6.54 Å². The Balaban J connectivity index is 1.89. The van der Waals surface area contributed by atoms with Crippen LogP contribution >= 0.6 is 0 Å². The lowest BCUT2D eigenvalue weighted by molar-refractivity contribution is -0.143. The number of carbonyl (C=O) groups is 5. The van der Waals surface area contributed by atoms with Gasteiger partial charge in [0.2, 0.25) is 11.8 Å². The van der Waals surface area contributed by atoms with E-state index in [2.05, 4.69) is 17.2 Å². The Bertz CT molecular complexity index is 833. The first kappa shape index (κ1) is 19.8. The van der Waals surface area contributed by atoms with Crippen LogP contribution in [0.3, 0.4) is 0 Å². The molecule has 6 amide bonds. The van der Waals surface area contributed by atoms with Gasteiger partial charge >= 0.3 is 17.8 Å². The number of nitrogens with zero attached hydrogens (tertiary/aromatic N) is 2. The van der Waals surface area contributed by atoms with E-state index in [4.69, 9.17) is 0 Å². The molecule has 0 atom stereocenters. The lowest BCUT2D eigenvalue weighted by Crippen LogP contribution is -2.43. The monoisotopic (exact) mass is 372 g/mol. The molecule has 1 aromatic carbocycles. The van der Waals surface area contributed by atoms with E-state index in [0.29, 0.717) is 15.5 Å². The number of aryl methyl sites for hydroxylation is 1. The fourth-order valence-corrected chi connectivity index (χ4v) is 2.44. The molecule has 0 spiro atoms. The van der Waals surface area contributed by atoms with Crippen molar-refractivity contribution in [3.05, 3.63) is 42.0 Å². The smallest absolute Gasteiger partial charge is 0.335 e. The minimum Gasteiger partial charge on any atom is -0.345 e. The van der Waals surface area contributed by atoms with Crippen molar-refractivity contribution in [1.29, 1.82) is 0 Å². The normalized spacial score (nSPS) is 13.8. The van der Waals surface area contributed by atoms with Gasteiger partial charge in [-0.3, -0.25) is 24.1 Å². The second-order valence-electron chi connectivity index (χ2n) is 5.95. The predicted octanol–water partition coefficient (Wildman–Crippen LogP) is 0.335. The average molecular weight is 372 g/mol. The third-order valence-corrected chi connectivity index (χ3v) is 4.07. The van der Waals surface area contributed by atoms with E-state index in [1.165, 1.54) is 6.08 Å². The maximum atomic E-state index is 12.0. The van der Waals surface area contributed by atoms with Crippen LogP contribution in [0.5, 0.6) is 0 Å². The van der Waals surface area contributed by atoms with Crippen molar-refractivity contribution >= 4 is 35.3 Å². The van der Waals surface area contributed by atoms with Gasteiger partial charge in [0.05, 0.1) is 6.54 Å². The highest BCUT2D eigenvalue weighted by atomic mass is 16.2. The molecule has 1 saturated heterocycles. The Labute approximate surface area is 156 Å². The highest BCUT2D eigenvalue weighted by Crippen LogP contribution is 2.17. The molecule has 2 rings (SSSR count). The van der Waals surface area contributed by atoms with Crippen LogP contribution in [-0.4, -0.2) is 59.1 Å². The molecule has 0 bridgehead atoms. The number of hydrogen-bond acceptors (Lipinski definition) is 5. The SMILES string of the molecule is C=CCN1C(=O)C(=O)N(CC(=O)NCC(=O)Nc2cccc(C)c2C)C1=O. The largest absolute Gasteiger partial charge is 0.345 e. The van der Waals surface area contributed by atoms with Crippen LogP contribution in [0.25, 0.3) is 0 Å². The summed E-state index contributed by atoms with van der Waals surface area (Å²) in [6, 6.07) is 4.56. The molecule has 0 radical (unpaired) electrons. The summed E-state index contributed by atoms with van der Waals surface area (Å²) in [5.74, 6) is -3.29. The van der Waals surface area contributed by atoms with Crippen molar-refractivity contribution in [2.45, 2.75) is 13.8 Å². The standard InChI is InChI=1S/C18H20N4O5/c1-4-8-21-16(25)17(26)22(18(21)27)10-15(24)19-9-14(23)20-13-7-5-6-11(2)12(13)3/h4-7H,1,8-10H2,2-3H3,(H,19,24)(H,20,23). The molecule has 1 aliphatic rings. The van der Waals surface area contributed by atoms with Crippen LogP contribution in [0.1, 0.15) is 11.1 Å². The van der Waals surface area contributed by atoms with Crippen molar-refractivity contribution in [2.24, 2.45) is 0 Å². The maximum Gasteiger partial charge on any atom is 0.335 e. The second kappa shape index (κ2) is 8.26. The van der Waals surface area contributed by atoms with Crippen molar-refractivity contribution in [3.8, 4) is 0 Å². The molecule has 0 unspecified atom stereocenters. The van der Waals surface area contributed by atoms with E-state index in [0.717, 1.165) is 11.1 Å². The van der Waals surface area contributed by atoms with Crippen LogP contribution < -0.4 is 10.6 Å². The van der Waals surface area contributed by atoms with E-state index in [-0.39, 0.29) is 13.1 Å². The molecule has 1 heterocycles. The maximum absolute atomic E-state index is 12.0. The number of imide groups is 2. The Kier molecular flexibility index (Phi) is 6.07. The quantitative estimate of drug-likeness (QED) is 0.407. The first-order chi connectivity index (χ1) is 12.8. The minimum absolute atomic E-state index is 0.125. The molecule has 1 aliphatic heterocycles. The van der Waals surface area contributed by atoms with Crippen LogP contribution in [0.4, 0.5) is 10.5 Å². The molecular formula is C18H20N4O5. The number of anilines is 1. The van der Waals surface area contributed by atoms with Crippen LogP contribution in [0.15, 0.2) is 30.9 Å². The average Bonchev–Trinajstić information content (AvgIpc) is 2.82. The van der Waals surface area contributed by atoms with Gasteiger partial charge in [-0.2, -0.15) is 0 Å². The molecule has 1 aromatic rings. The number of amides is 6. The summed E-state index contributed by atoms with van der Waals surface area (Å²) in [6.07, 6.45) is 1.30. The van der Waals surface area contributed by atoms with Gasteiger partial charge in [-0.05, 0) is 31.0 Å². The zero-order valence-electron chi connectivity index (χ0n) is 15.1. The predicted molar refractivity (Wildman–Crippen MR) is 96.6 cm³/mol. The number of carbonyl (C=O) groups excluding carboxylic acids is 5. The number of benzene rings is 1. The summed E-state index contributed by atoms with van der Waals surface area (Å²) in [4.78, 5) is 60.7. The fraction of sp³-hybridized carbons (Fsp3) is 0.278. The number of hydrogen-bond donors (Lipinski definition) is 2. The number of rotatable bonds is 7. The Hall–Kier alpha value is -3.49. The molecule has 2 N–H and O–H groups in total. The third-order valence-electron chi connectivity index (χ3n) is 4.07. The Morgan fingerprint density at radius 2 is 1.74 bits per heavy atom. The van der Waals surface area contributed by atoms with E-state index in [1.807, 2.05) is 19.9 Å². The summed E-state index contributed by atoms with van der Waals surface area (Å²) in [7, 11) is 0. The molecule has 9 heteroatoms. The van der Waals surface area contributed by atoms with Gasteiger partial charge in [-0.25, -0.2) is 9.69 Å². The van der Waals surface area contributed by atoms with Crippen molar-refractivity contribution in [3.63, 3.8) is 0 Å². The fourth-order valence-electron chi connectivity index (χ4n) is 2.44. The van der Waals surface area contributed by atoms with Gasteiger partial charge in [-0.1, -0.05) is 18.2 Å². The second-order valence-corrected chi connectivity index (χ2v) is 5.95. The van der Waals surface area contributed by atoms with Crippen LogP contribution in [0, 0.1) is 13.8 Å². The molecule has 0 saturated carbocycles. The molecule has 9 nitrogen and oxygen atoms in total. The Morgan fingerprint density at radius 1 is 1.07 bits per heavy atom. The van der Waals surface area contributed by atoms with E-state index >= 15 is 0 Å². The molecule has 1 fully saturated rings. The molecule has 0 aromatic heterocycles. The van der Waals surface area contributed by atoms with E-state index in [1.54, 1.807) is 12.1 Å². The molecule has 0 aliphatic carbocycles. The van der Waals surface area contributed by atoms with Crippen molar-refractivity contribution < 1.29 is 24.0 Å². The van der Waals surface area contributed by atoms with Gasteiger partial charge < -0.3 is 10.6 Å².